The monoisotopic (exact) mass is 246 g/mol. The summed E-state index contributed by atoms with van der Waals surface area (Å²) in [5, 5.41) is 0. The van der Waals surface area contributed by atoms with Gasteiger partial charge in [0.2, 0.25) is 0 Å². The highest BCUT2D eigenvalue weighted by Gasteiger charge is 2.31. The van der Waals surface area contributed by atoms with Crippen LogP contribution >= 0.6 is 0 Å². The molecule has 4 heteroatoms. The highest BCUT2D eigenvalue weighted by atomic mass is 16.6. The Labute approximate surface area is 107 Å². The predicted octanol–water partition coefficient (Wildman–Crippen LogP) is 2.49. The largest absolute Gasteiger partial charge is 0.449 e. The van der Waals surface area contributed by atoms with Crippen molar-refractivity contribution in [1.29, 1.82) is 0 Å². The van der Waals surface area contributed by atoms with E-state index in [0.29, 0.717) is 6.61 Å². The van der Waals surface area contributed by atoms with Gasteiger partial charge in [0.05, 0.1) is 12.6 Å². The van der Waals surface area contributed by atoms with Crippen LogP contribution in [0.1, 0.15) is 36.4 Å². The summed E-state index contributed by atoms with van der Waals surface area (Å²) in [5.74, 6) is 0. The molecule has 1 aliphatic heterocycles. The van der Waals surface area contributed by atoms with E-state index in [1.165, 1.54) is 11.1 Å². The first-order chi connectivity index (χ1) is 8.75. The summed E-state index contributed by atoms with van der Waals surface area (Å²) < 4.78 is 5.14. The van der Waals surface area contributed by atoms with Crippen molar-refractivity contribution in [3.05, 3.63) is 29.3 Å². The predicted molar refractivity (Wildman–Crippen MR) is 69.2 cm³/mol. The molecule has 4 nitrogen and oxygen atoms in total. The molecule has 3 rings (SSSR count). The molecule has 0 aromatic heterocycles. The normalized spacial score (nSPS) is 23.4. The second-order valence-electron chi connectivity index (χ2n) is 5.03. The molecule has 1 unspecified atom stereocenters. The lowest BCUT2D eigenvalue weighted by Crippen LogP contribution is -2.41. The minimum atomic E-state index is -0.170. The van der Waals surface area contributed by atoms with Crippen molar-refractivity contribution < 1.29 is 9.53 Å². The molecule has 2 aliphatic rings. The first-order valence-electron chi connectivity index (χ1n) is 6.57. The first-order valence-corrected chi connectivity index (χ1v) is 6.57. The molecule has 1 heterocycles. The van der Waals surface area contributed by atoms with Crippen LogP contribution in [0.5, 0.6) is 0 Å². The van der Waals surface area contributed by atoms with Crippen LogP contribution in [-0.4, -0.2) is 24.1 Å². The number of ether oxygens (including phenoxy) is 1. The van der Waals surface area contributed by atoms with E-state index in [9.17, 15) is 4.79 Å². The van der Waals surface area contributed by atoms with Crippen molar-refractivity contribution in [1.82, 2.24) is 4.90 Å². The van der Waals surface area contributed by atoms with Gasteiger partial charge in [0.1, 0.15) is 0 Å². The van der Waals surface area contributed by atoms with E-state index in [4.69, 9.17) is 10.5 Å². The van der Waals surface area contributed by atoms with Crippen molar-refractivity contribution in [3.63, 3.8) is 0 Å². The van der Waals surface area contributed by atoms with Crippen molar-refractivity contribution >= 4 is 11.8 Å². The number of hydrogen-bond acceptors (Lipinski definition) is 3. The van der Waals surface area contributed by atoms with Crippen molar-refractivity contribution in [2.45, 2.75) is 31.7 Å². The number of fused-ring (bicyclic) bond motifs is 1. The summed E-state index contributed by atoms with van der Waals surface area (Å²) in [6.45, 7) is 1.35. The number of cyclic esters (lactones) is 1. The van der Waals surface area contributed by atoms with Gasteiger partial charge in [-0.25, -0.2) is 4.79 Å². The lowest BCUT2D eigenvalue weighted by atomic mass is 9.86. The fraction of sp³-hybridized carbons (Fsp3) is 0.500. The first kappa shape index (κ1) is 11.4. The third kappa shape index (κ3) is 1.92. The molecule has 2 N–H and O–H groups in total. The second kappa shape index (κ2) is 4.52. The van der Waals surface area contributed by atoms with Crippen LogP contribution in [0.2, 0.25) is 0 Å². The van der Waals surface area contributed by atoms with Gasteiger partial charge < -0.3 is 15.4 Å². The summed E-state index contributed by atoms with van der Waals surface area (Å²) >= 11 is 0. The van der Waals surface area contributed by atoms with E-state index in [0.717, 1.165) is 37.9 Å². The molecular formula is C14H18N2O2. The van der Waals surface area contributed by atoms with Crippen molar-refractivity contribution in [3.8, 4) is 0 Å². The van der Waals surface area contributed by atoms with Gasteiger partial charge in [-0.2, -0.15) is 0 Å². The molecule has 1 amide bonds. The van der Waals surface area contributed by atoms with E-state index >= 15 is 0 Å². The third-order valence-electron chi connectivity index (χ3n) is 3.83. The average molecular weight is 246 g/mol. The average Bonchev–Trinajstić information content (AvgIpc) is 2.38. The van der Waals surface area contributed by atoms with Crippen LogP contribution in [-0.2, 0) is 11.2 Å². The van der Waals surface area contributed by atoms with Gasteiger partial charge in [0.15, 0.2) is 0 Å². The van der Waals surface area contributed by atoms with Crippen LogP contribution in [0.3, 0.4) is 0 Å². The molecule has 1 saturated heterocycles. The molecule has 0 saturated carbocycles. The Morgan fingerprint density at radius 1 is 1.33 bits per heavy atom. The maximum absolute atomic E-state index is 11.8. The van der Waals surface area contributed by atoms with Crippen LogP contribution < -0.4 is 5.73 Å². The standard InChI is InChI=1S/C14H18N2O2/c15-11-5-6-12-10(9-11)3-1-4-13(12)16-7-2-8-18-14(16)17/h5-6,9,13H,1-4,7-8,15H2. The molecule has 1 fully saturated rings. The smallest absolute Gasteiger partial charge is 0.410 e. The minimum absolute atomic E-state index is 0.169. The molecule has 18 heavy (non-hydrogen) atoms. The number of nitrogens with two attached hydrogens (primary N) is 1. The Morgan fingerprint density at radius 3 is 3.06 bits per heavy atom. The van der Waals surface area contributed by atoms with Crippen LogP contribution in [0.15, 0.2) is 18.2 Å². The van der Waals surface area contributed by atoms with Gasteiger partial charge in [0.25, 0.3) is 0 Å². The summed E-state index contributed by atoms with van der Waals surface area (Å²) in [6.07, 6.45) is 3.93. The van der Waals surface area contributed by atoms with Gasteiger partial charge in [-0.15, -0.1) is 0 Å². The van der Waals surface area contributed by atoms with E-state index in [-0.39, 0.29) is 12.1 Å². The highest BCUT2D eigenvalue weighted by molar-refractivity contribution is 5.69. The van der Waals surface area contributed by atoms with Crippen molar-refractivity contribution in [2.75, 3.05) is 18.9 Å². The molecule has 0 spiro atoms. The van der Waals surface area contributed by atoms with Crippen LogP contribution in [0.25, 0.3) is 0 Å². The van der Waals surface area contributed by atoms with Crippen molar-refractivity contribution in [2.24, 2.45) is 0 Å². The number of rotatable bonds is 1. The molecule has 1 aliphatic carbocycles. The summed E-state index contributed by atoms with van der Waals surface area (Å²) in [7, 11) is 0. The topological polar surface area (TPSA) is 55.6 Å². The van der Waals surface area contributed by atoms with Crippen LogP contribution in [0, 0.1) is 0 Å². The molecule has 0 radical (unpaired) electrons. The molecule has 1 atom stereocenters. The zero-order valence-corrected chi connectivity index (χ0v) is 10.4. The number of carbonyl (C=O) groups is 1. The van der Waals surface area contributed by atoms with Gasteiger partial charge in [-0.1, -0.05) is 6.07 Å². The Hall–Kier alpha value is -1.71. The zero-order valence-electron chi connectivity index (χ0n) is 10.4. The third-order valence-corrected chi connectivity index (χ3v) is 3.83. The fourth-order valence-corrected chi connectivity index (χ4v) is 2.98. The highest BCUT2D eigenvalue weighted by Crippen LogP contribution is 2.36. The maximum Gasteiger partial charge on any atom is 0.410 e. The number of benzene rings is 1. The Kier molecular flexibility index (Phi) is 2.86. The second-order valence-corrected chi connectivity index (χ2v) is 5.03. The van der Waals surface area contributed by atoms with Gasteiger partial charge in [-0.05, 0) is 48.9 Å². The zero-order chi connectivity index (χ0) is 12.5. The number of carbonyl (C=O) groups excluding carboxylic acids is 1. The van der Waals surface area contributed by atoms with Crippen LogP contribution in [0.4, 0.5) is 10.5 Å². The Bertz CT molecular complexity index is 473. The van der Waals surface area contributed by atoms with E-state index in [1.54, 1.807) is 0 Å². The summed E-state index contributed by atoms with van der Waals surface area (Å²) in [5.41, 5.74) is 9.16. The van der Waals surface area contributed by atoms with E-state index in [1.807, 2.05) is 17.0 Å². The fourth-order valence-electron chi connectivity index (χ4n) is 2.98. The SMILES string of the molecule is Nc1ccc2c(c1)CCCC2N1CCCOC1=O. The van der Waals surface area contributed by atoms with E-state index < -0.39 is 0 Å². The summed E-state index contributed by atoms with van der Waals surface area (Å²) in [4.78, 5) is 13.7. The number of nitrogen functional groups attached to an aromatic ring is 1. The molecule has 1 aromatic carbocycles. The number of amides is 1. The lowest BCUT2D eigenvalue weighted by molar-refractivity contribution is 0.0511. The van der Waals surface area contributed by atoms with Gasteiger partial charge in [0, 0.05) is 12.2 Å². The maximum atomic E-state index is 11.8. The van der Waals surface area contributed by atoms with Gasteiger partial charge >= 0.3 is 6.09 Å². The lowest BCUT2D eigenvalue weighted by Gasteiger charge is -2.37. The number of hydrogen-bond donors (Lipinski definition) is 1. The minimum Gasteiger partial charge on any atom is -0.449 e. The number of aryl methyl sites for hydroxylation is 1. The molecule has 1 aromatic rings. The summed E-state index contributed by atoms with van der Waals surface area (Å²) in [6, 6.07) is 6.20. The number of nitrogens with zero attached hydrogens (tertiary/aromatic N) is 1. The number of anilines is 1. The quantitative estimate of drug-likeness (QED) is 0.774. The molecular weight excluding hydrogens is 228 g/mol. The molecule has 0 bridgehead atoms. The Balaban J connectivity index is 1.93. The Morgan fingerprint density at radius 2 is 2.22 bits per heavy atom. The molecule has 96 valence electrons. The van der Waals surface area contributed by atoms with Gasteiger partial charge in [-0.3, -0.25) is 0 Å². The van der Waals surface area contributed by atoms with E-state index in [2.05, 4.69) is 6.07 Å².